The number of nitriles is 1. The number of nitrogens with zero attached hydrogens (tertiary/aromatic N) is 5. The molecule has 0 amide bonds. The van der Waals surface area contributed by atoms with Crippen molar-refractivity contribution in [2.45, 2.75) is 0 Å². The van der Waals surface area contributed by atoms with E-state index >= 15 is 0 Å². The van der Waals surface area contributed by atoms with Gasteiger partial charge in [-0.3, -0.25) is 4.98 Å². The van der Waals surface area contributed by atoms with Crippen molar-refractivity contribution in [2.24, 2.45) is 0 Å². The maximum Gasteiger partial charge on any atom is 0.220 e. The van der Waals surface area contributed by atoms with Crippen LogP contribution < -0.4 is 0 Å². The van der Waals surface area contributed by atoms with Crippen molar-refractivity contribution >= 4 is 102 Å². The molecule has 0 aliphatic heterocycles. The van der Waals surface area contributed by atoms with Gasteiger partial charge in [0.2, 0.25) is 5.69 Å². The van der Waals surface area contributed by atoms with Crippen molar-refractivity contribution in [1.29, 1.82) is 5.26 Å². The molecular weight excluding hydrogens is 763 g/mol. The Morgan fingerprint density at radius 2 is 1.10 bits per heavy atom. The van der Waals surface area contributed by atoms with Crippen LogP contribution in [0.5, 0.6) is 0 Å². The Balaban J connectivity index is 1.31. The van der Waals surface area contributed by atoms with Gasteiger partial charge in [0.05, 0.1) is 51.1 Å². The molecule has 5 nitrogen and oxygen atoms in total. The fraction of sp³-hybridized carbons (Fsp3) is 0. The molecule has 0 saturated heterocycles. The Kier molecular flexibility index (Phi) is 6.96. The predicted molar refractivity (Wildman–Crippen MR) is 254 cm³/mol. The zero-order valence-corrected chi connectivity index (χ0v) is 33.2. The molecule has 6 heteroatoms. The molecule has 13 rings (SSSR count). The van der Waals surface area contributed by atoms with E-state index in [1.165, 1.54) is 20.2 Å². The summed E-state index contributed by atoms with van der Waals surface area (Å²) in [5.41, 5.74) is 10.4. The molecule has 0 saturated carbocycles. The van der Waals surface area contributed by atoms with Crippen molar-refractivity contribution in [3.8, 4) is 39.7 Å². The molecule has 0 N–H and O–H groups in total. The number of thiophene rings is 1. The lowest BCUT2D eigenvalue weighted by molar-refractivity contribution is 1.13. The lowest BCUT2D eigenvalue weighted by Gasteiger charge is -2.25. The summed E-state index contributed by atoms with van der Waals surface area (Å²) in [4.78, 5) is 9.41. The predicted octanol–water partition coefficient (Wildman–Crippen LogP) is 15.1. The molecule has 0 fully saturated rings. The molecule has 0 radical (unpaired) electrons. The Bertz CT molecular complexity index is 3980. The highest BCUT2D eigenvalue weighted by Gasteiger charge is 2.32. The Morgan fingerprint density at radius 1 is 0.492 bits per heavy atom. The van der Waals surface area contributed by atoms with Gasteiger partial charge >= 0.3 is 0 Å². The van der Waals surface area contributed by atoms with Crippen LogP contribution in [-0.2, 0) is 0 Å². The van der Waals surface area contributed by atoms with Crippen LogP contribution >= 0.6 is 11.3 Å². The minimum absolute atomic E-state index is 0.419. The number of hydrogen-bond donors (Lipinski definition) is 0. The number of benzene rings is 9. The van der Waals surface area contributed by atoms with E-state index in [1.54, 1.807) is 11.3 Å². The summed E-state index contributed by atoms with van der Waals surface area (Å²) in [6.07, 6.45) is 1.86. The third kappa shape index (κ3) is 4.49. The summed E-state index contributed by atoms with van der Waals surface area (Å²) in [7, 11) is 0. The Labute approximate surface area is 353 Å². The summed E-state index contributed by atoms with van der Waals surface area (Å²) in [6, 6.07) is 61.9. The van der Waals surface area contributed by atoms with E-state index in [4.69, 9.17) is 11.6 Å². The number of aromatic nitrogens is 3. The molecule has 0 bridgehead atoms. The minimum atomic E-state index is 0.419. The van der Waals surface area contributed by atoms with E-state index in [0.717, 1.165) is 93.4 Å². The molecule has 0 atom stereocenters. The molecule has 9 aromatic carbocycles. The van der Waals surface area contributed by atoms with Gasteiger partial charge < -0.3 is 9.13 Å². The van der Waals surface area contributed by atoms with Crippen molar-refractivity contribution in [3.05, 3.63) is 193 Å². The summed E-state index contributed by atoms with van der Waals surface area (Å²) >= 11 is 1.79. The van der Waals surface area contributed by atoms with Crippen LogP contribution in [0.4, 0.5) is 5.69 Å². The van der Waals surface area contributed by atoms with Crippen LogP contribution in [0.3, 0.4) is 0 Å². The largest absolute Gasteiger partial charge is 0.318 e. The van der Waals surface area contributed by atoms with E-state index in [9.17, 15) is 5.26 Å². The fourth-order valence-electron chi connectivity index (χ4n) is 10.2. The molecule has 4 heterocycles. The average molecular weight is 792 g/mol. The van der Waals surface area contributed by atoms with Crippen molar-refractivity contribution in [1.82, 2.24) is 14.1 Å². The number of fused-ring (bicyclic) bond motifs is 9. The van der Waals surface area contributed by atoms with Crippen molar-refractivity contribution in [3.63, 3.8) is 0 Å². The fourth-order valence-corrected chi connectivity index (χ4v) is 11.3. The second kappa shape index (κ2) is 12.6. The highest BCUT2D eigenvalue weighted by atomic mass is 32.1. The summed E-state index contributed by atoms with van der Waals surface area (Å²) in [5, 5.41) is 21.9. The average Bonchev–Trinajstić information content (AvgIpc) is 3.97. The SMILES string of the molecule is [C-]#[N+]c1c(-c2ccccc2)c(C#N)c(-n2c3ccccc3c3cc4c(cc32)sc2ccccc24)c(-c2ccccc2)c1-n1c2cccc3c4cccnc4c4cccc1c4c32. The van der Waals surface area contributed by atoms with Gasteiger partial charge in [-0.05, 0) is 59.0 Å². The smallest absolute Gasteiger partial charge is 0.220 e. The van der Waals surface area contributed by atoms with Gasteiger partial charge in [-0.2, -0.15) is 5.26 Å². The maximum absolute atomic E-state index is 11.7. The standard InChI is InChI=1S/C55H29N5S/c1-57-53-48(32-15-4-2-5-16-32)41(31-56)54(59-42-24-10-8-19-34(42)39-29-40-35-20-9-11-27-46(35)61-47(40)30-45(39)59)49(33-17-6-3-7-18-33)55(53)60-43-25-12-21-36-37-23-14-28-58-52(37)38-22-13-26-44(60)51(38)50(36)43/h2-30H. The lowest BCUT2D eigenvalue weighted by atomic mass is 9.88. The van der Waals surface area contributed by atoms with Crippen LogP contribution in [0, 0.1) is 17.9 Å². The van der Waals surface area contributed by atoms with E-state index in [0.29, 0.717) is 16.8 Å². The van der Waals surface area contributed by atoms with E-state index < -0.39 is 0 Å². The summed E-state index contributed by atoms with van der Waals surface area (Å²) in [6.45, 7) is 9.16. The molecule has 13 aromatic rings. The van der Waals surface area contributed by atoms with Crippen LogP contribution in [0.15, 0.2) is 176 Å². The van der Waals surface area contributed by atoms with Crippen LogP contribution in [0.2, 0.25) is 0 Å². The molecule has 0 aliphatic carbocycles. The molecule has 0 aliphatic rings. The lowest BCUT2D eigenvalue weighted by Crippen LogP contribution is -2.08. The normalized spacial score (nSPS) is 11.9. The Hall–Kier alpha value is -8.29. The Morgan fingerprint density at radius 3 is 1.85 bits per heavy atom. The van der Waals surface area contributed by atoms with Gasteiger partial charge in [-0.25, -0.2) is 4.85 Å². The third-order valence-corrected chi connectivity index (χ3v) is 13.7. The first-order valence-electron chi connectivity index (χ1n) is 20.2. The quantitative estimate of drug-likeness (QED) is 0.132. The van der Waals surface area contributed by atoms with Crippen LogP contribution in [-0.4, -0.2) is 14.1 Å². The monoisotopic (exact) mass is 791 g/mol. The van der Waals surface area contributed by atoms with Crippen LogP contribution in [0.25, 0.3) is 124 Å². The van der Waals surface area contributed by atoms with E-state index in [1.807, 2.05) is 60.8 Å². The number of pyridine rings is 1. The molecular formula is C55H29N5S. The maximum atomic E-state index is 11.7. The van der Waals surface area contributed by atoms with Crippen LogP contribution in [0.1, 0.15) is 5.56 Å². The highest BCUT2D eigenvalue weighted by Crippen LogP contribution is 2.53. The number of hydrogen-bond acceptors (Lipinski definition) is 3. The van der Waals surface area contributed by atoms with Gasteiger partial charge in [-0.1, -0.05) is 127 Å². The van der Waals surface area contributed by atoms with Gasteiger partial charge in [0.25, 0.3) is 0 Å². The summed E-state index contributed by atoms with van der Waals surface area (Å²) < 4.78 is 7.02. The topological polar surface area (TPSA) is 50.9 Å². The van der Waals surface area contributed by atoms with Gasteiger partial charge in [-0.15, -0.1) is 11.3 Å². The first-order valence-corrected chi connectivity index (χ1v) is 21.0. The second-order valence-corrected chi connectivity index (χ2v) is 16.7. The second-order valence-electron chi connectivity index (χ2n) is 15.6. The van der Waals surface area contributed by atoms with Gasteiger partial charge in [0, 0.05) is 69.8 Å². The van der Waals surface area contributed by atoms with Gasteiger partial charge in [0.15, 0.2) is 0 Å². The van der Waals surface area contributed by atoms with Crippen molar-refractivity contribution in [2.75, 3.05) is 0 Å². The minimum Gasteiger partial charge on any atom is -0.318 e. The highest BCUT2D eigenvalue weighted by molar-refractivity contribution is 7.25. The number of rotatable bonds is 4. The molecule has 4 aromatic heterocycles. The molecule has 0 spiro atoms. The number of para-hydroxylation sites is 1. The first kappa shape index (κ1) is 33.7. The zero-order valence-electron chi connectivity index (χ0n) is 32.4. The van der Waals surface area contributed by atoms with Crippen molar-refractivity contribution < 1.29 is 0 Å². The van der Waals surface area contributed by atoms with E-state index in [-0.39, 0.29) is 0 Å². The van der Waals surface area contributed by atoms with Gasteiger partial charge in [0.1, 0.15) is 6.07 Å². The zero-order chi connectivity index (χ0) is 40.3. The van der Waals surface area contributed by atoms with E-state index in [2.05, 4.69) is 135 Å². The summed E-state index contributed by atoms with van der Waals surface area (Å²) in [5.74, 6) is 0. The first-order chi connectivity index (χ1) is 30.2. The molecule has 61 heavy (non-hydrogen) atoms. The molecule has 280 valence electrons. The molecule has 0 unspecified atom stereocenters. The third-order valence-electron chi connectivity index (χ3n) is 12.6.